The molecular weight excluding hydrogens is 220 g/mol. The first-order chi connectivity index (χ1) is 8.40. The van der Waals surface area contributed by atoms with E-state index in [9.17, 15) is 0 Å². The molecule has 1 saturated heterocycles. The standard InChI is InChI=1S/C16H26N2/c1-12-10-15(7-6-14(12)11-13(2)17)18-9-5-8-16(18,3)4/h6-7,10,13H,5,8-9,11,17H2,1-4H3. The molecule has 0 aliphatic carbocycles. The lowest BCUT2D eigenvalue weighted by Gasteiger charge is -2.34. The fraction of sp³-hybridized carbons (Fsp3) is 0.625. The highest BCUT2D eigenvalue weighted by Gasteiger charge is 2.31. The van der Waals surface area contributed by atoms with Gasteiger partial charge in [-0.2, -0.15) is 0 Å². The van der Waals surface area contributed by atoms with Crippen molar-refractivity contribution in [1.82, 2.24) is 0 Å². The summed E-state index contributed by atoms with van der Waals surface area (Å²) < 4.78 is 0. The minimum atomic E-state index is 0.234. The van der Waals surface area contributed by atoms with Gasteiger partial charge in [-0.05, 0) is 70.2 Å². The Bertz CT molecular complexity index is 421. The number of nitrogens with two attached hydrogens (primary N) is 1. The van der Waals surface area contributed by atoms with Crippen molar-refractivity contribution in [2.75, 3.05) is 11.4 Å². The second-order valence-electron chi connectivity index (χ2n) is 6.36. The molecule has 1 fully saturated rings. The number of benzene rings is 1. The van der Waals surface area contributed by atoms with Crippen molar-refractivity contribution in [1.29, 1.82) is 0 Å². The Labute approximate surface area is 111 Å². The Kier molecular flexibility index (Phi) is 3.67. The van der Waals surface area contributed by atoms with Gasteiger partial charge in [-0.3, -0.25) is 0 Å². The largest absolute Gasteiger partial charge is 0.366 e. The van der Waals surface area contributed by atoms with E-state index in [0.717, 1.165) is 6.42 Å². The van der Waals surface area contributed by atoms with E-state index in [2.05, 4.69) is 50.8 Å². The Morgan fingerprint density at radius 3 is 2.61 bits per heavy atom. The van der Waals surface area contributed by atoms with Crippen LogP contribution < -0.4 is 10.6 Å². The van der Waals surface area contributed by atoms with Crippen LogP contribution in [0.4, 0.5) is 5.69 Å². The van der Waals surface area contributed by atoms with E-state index in [1.165, 1.54) is 36.2 Å². The van der Waals surface area contributed by atoms with Gasteiger partial charge in [0.05, 0.1) is 0 Å². The summed E-state index contributed by atoms with van der Waals surface area (Å²) in [5.41, 5.74) is 10.3. The molecule has 0 saturated carbocycles. The van der Waals surface area contributed by atoms with Gasteiger partial charge in [-0.15, -0.1) is 0 Å². The highest BCUT2D eigenvalue weighted by atomic mass is 15.2. The minimum Gasteiger partial charge on any atom is -0.366 e. The number of hydrogen-bond acceptors (Lipinski definition) is 2. The van der Waals surface area contributed by atoms with E-state index in [4.69, 9.17) is 5.73 Å². The molecule has 2 nitrogen and oxygen atoms in total. The van der Waals surface area contributed by atoms with Crippen molar-refractivity contribution < 1.29 is 0 Å². The molecule has 0 radical (unpaired) electrons. The van der Waals surface area contributed by atoms with Gasteiger partial charge in [0.1, 0.15) is 0 Å². The molecule has 1 aromatic carbocycles. The summed E-state index contributed by atoms with van der Waals surface area (Å²) in [7, 11) is 0. The maximum absolute atomic E-state index is 5.89. The van der Waals surface area contributed by atoms with Crippen LogP contribution in [0.25, 0.3) is 0 Å². The normalized spacial score (nSPS) is 20.2. The first-order valence-electron chi connectivity index (χ1n) is 7.03. The topological polar surface area (TPSA) is 29.3 Å². The van der Waals surface area contributed by atoms with E-state index < -0.39 is 0 Å². The summed E-state index contributed by atoms with van der Waals surface area (Å²) >= 11 is 0. The average molecular weight is 246 g/mol. The number of rotatable bonds is 3. The second kappa shape index (κ2) is 4.93. The third kappa shape index (κ3) is 2.69. The maximum atomic E-state index is 5.89. The fourth-order valence-electron chi connectivity index (χ4n) is 3.01. The molecule has 0 bridgehead atoms. The van der Waals surface area contributed by atoms with Gasteiger partial charge in [-0.1, -0.05) is 6.07 Å². The number of nitrogens with zero attached hydrogens (tertiary/aromatic N) is 1. The molecule has 1 unspecified atom stereocenters. The van der Waals surface area contributed by atoms with Crippen LogP contribution in [-0.2, 0) is 6.42 Å². The van der Waals surface area contributed by atoms with Crippen LogP contribution in [0.2, 0.25) is 0 Å². The first-order valence-corrected chi connectivity index (χ1v) is 7.03. The number of hydrogen-bond donors (Lipinski definition) is 1. The summed E-state index contributed by atoms with van der Waals surface area (Å²) in [5, 5.41) is 0. The molecule has 1 atom stereocenters. The zero-order valence-corrected chi connectivity index (χ0v) is 12.2. The van der Waals surface area contributed by atoms with E-state index >= 15 is 0 Å². The Morgan fingerprint density at radius 2 is 2.11 bits per heavy atom. The first kappa shape index (κ1) is 13.4. The van der Waals surface area contributed by atoms with E-state index in [-0.39, 0.29) is 6.04 Å². The molecule has 1 aromatic rings. The molecule has 0 spiro atoms. The number of aryl methyl sites for hydroxylation is 1. The van der Waals surface area contributed by atoms with Crippen LogP contribution in [0.1, 0.15) is 44.7 Å². The van der Waals surface area contributed by atoms with E-state index in [0.29, 0.717) is 5.54 Å². The summed E-state index contributed by atoms with van der Waals surface area (Å²) in [6.45, 7) is 10.1. The van der Waals surface area contributed by atoms with Gasteiger partial charge in [0.2, 0.25) is 0 Å². The van der Waals surface area contributed by atoms with Gasteiger partial charge in [0, 0.05) is 23.8 Å². The summed E-state index contributed by atoms with van der Waals surface area (Å²) in [6.07, 6.45) is 3.55. The van der Waals surface area contributed by atoms with Gasteiger partial charge in [-0.25, -0.2) is 0 Å². The summed E-state index contributed by atoms with van der Waals surface area (Å²) in [4.78, 5) is 2.54. The second-order valence-corrected chi connectivity index (χ2v) is 6.36. The predicted molar refractivity (Wildman–Crippen MR) is 79.2 cm³/mol. The summed E-state index contributed by atoms with van der Waals surface area (Å²) in [5.74, 6) is 0. The molecule has 1 aliphatic rings. The SMILES string of the molecule is Cc1cc(N2CCCC2(C)C)ccc1CC(C)N. The highest BCUT2D eigenvalue weighted by Crippen LogP contribution is 2.34. The lowest BCUT2D eigenvalue weighted by atomic mass is 9.98. The van der Waals surface area contributed by atoms with Crippen LogP contribution in [0.15, 0.2) is 18.2 Å². The van der Waals surface area contributed by atoms with Crippen molar-refractivity contribution in [3.05, 3.63) is 29.3 Å². The Hall–Kier alpha value is -1.02. The van der Waals surface area contributed by atoms with Crippen LogP contribution in [0, 0.1) is 6.92 Å². The highest BCUT2D eigenvalue weighted by molar-refractivity contribution is 5.53. The van der Waals surface area contributed by atoms with Crippen LogP contribution >= 0.6 is 0 Å². The Morgan fingerprint density at radius 1 is 1.39 bits per heavy atom. The minimum absolute atomic E-state index is 0.234. The van der Waals surface area contributed by atoms with Crippen molar-refractivity contribution >= 4 is 5.69 Å². The zero-order valence-electron chi connectivity index (χ0n) is 12.2. The van der Waals surface area contributed by atoms with Gasteiger partial charge < -0.3 is 10.6 Å². The monoisotopic (exact) mass is 246 g/mol. The van der Waals surface area contributed by atoms with Crippen LogP contribution in [0.5, 0.6) is 0 Å². The molecule has 18 heavy (non-hydrogen) atoms. The van der Waals surface area contributed by atoms with E-state index in [1.807, 2.05) is 0 Å². The van der Waals surface area contributed by atoms with Gasteiger partial charge >= 0.3 is 0 Å². The van der Waals surface area contributed by atoms with Crippen LogP contribution in [-0.4, -0.2) is 18.1 Å². The van der Waals surface area contributed by atoms with Crippen molar-refractivity contribution in [3.8, 4) is 0 Å². The smallest absolute Gasteiger partial charge is 0.0373 e. The molecule has 0 aromatic heterocycles. The van der Waals surface area contributed by atoms with Crippen molar-refractivity contribution in [2.45, 2.75) is 58.5 Å². The van der Waals surface area contributed by atoms with Crippen molar-refractivity contribution in [2.24, 2.45) is 5.73 Å². The molecule has 1 heterocycles. The molecule has 2 N–H and O–H groups in total. The summed E-state index contributed by atoms with van der Waals surface area (Å²) in [6, 6.07) is 7.07. The van der Waals surface area contributed by atoms with Crippen molar-refractivity contribution in [3.63, 3.8) is 0 Å². The zero-order chi connectivity index (χ0) is 13.3. The molecule has 0 amide bonds. The van der Waals surface area contributed by atoms with Gasteiger partial charge in [0.15, 0.2) is 0 Å². The van der Waals surface area contributed by atoms with E-state index in [1.54, 1.807) is 0 Å². The lowest BCUT2D eigenvalue weighted by Crippen LogP contribution is -2.38. The molecule has 100 valence electrons. The third-order valence-corrected chi connectivity index (χ3v) is 4.08. The molecular formula is C16H26N2. The van der Waals surface area contributed by atoms with Gasteiger partial charge in [0.25, 0.3) is 0 Å². The molecule has 2 heteroatoms. The predicted octanol–water partition coefficient (Wildman–Crippen LogP) is 3.26. The Balaban J connectivity index is 2.23. The third-order valence-electron chi connectivity index (χ3n) is 4.08. The number of anilines is 1. The fourth-order valence-corrected chi connectivity index (χ4v) is 3.01. The van der Waals surface area contributed by atoms with Crippen LogP contribution in [0.3, 0.4) is 0 Å². The quantitative estimate of drug-likeness (QED) is 0.887. The maximum Gasteiger partial charge on any atom is 0.0373 e. The molecule has 1 aliphatic heterocycles. The lowest BCUT2D eigenvalue weighted by molar-refractivity contribution is 0.518. The average Bonchev–Trinajstić information content (AvgIpc) is 2.60. The molecule has 2 rings (SSSR count).